The Bertz CT molecular complexity index is 268. The van der Waals surface area contributed by atoms with Crippen LogP contribution in [0.5, 0.6) is 0 Å². The molecule has 0 N–H and O–H groups in total. The van der Waals surface area contributed by atoms with Crippen LogP contribution in [0.25, 0.3) is 0 Å². The van der Waals surface area contributed by atoms with Gasteiger partial charge in [-0.05, 0) is 37.0 Å². The van der Waals surface area contributed by atoms with E-state index in [0.29, 0.717) is 0 Å². The molecule has 0 aliphatic heterocycles. The fraction of sp³-hybridized carbons (Fsp3) is 0.400. The topological polar surface area (TPSA) is 0 Å². The maximum atomic E-state index is 5.86. The van der Waals surface area contributed by atoms with Gasteiger partial charge in [0.2, 0.25) is 0 Å². The minimum Gasteiger partial charge on any atom is -0.126 e. The quantitative estimate of drug-likeness (QED) is 0.665. The van der Waals surface area contributed by atoms with Crippen LogP contribution in [0.2, 0.25) is 5.02 Å². The van der Waals surface area contributed by atoms with E-state index in [2.05, 4.69) is 6.07 Å². The molecule has 1 fully saturated rings. The third-order valence-corrected chi connectivity index (χ3v) is 3.44. The average Bonchev–Trinajstić information content (AvgIpc) is 2.84. The molecule has 0 heterocycles. The van der Waals surface area contributed by atoms with E-state index in [4.69, 9.17) is 11.6 Å². The Labute approximate surface area is 82.3 Å². The third kappa shape index (κ3) is 2.43. The summed E-state index contributed by atoms with van der Waals surface area (Å²) in [6, 6.07) is 8.09. The Morgan fingerprint density at radius 3 is 2.92 bits per heavy atom. The maximum Gasteiger partial charge on any atom is 0.0417 e. The van der Waals surface area contributed by atoms with Crippen LogP contribution in [-0.4, -0.2) is 5.75 Å². The highest BCUT2D eigenvalue weighted by atomic mass is 35.5. The van der Waals surface area contributed by atoms with Crippen LogP contribution >= 0.6 is 23.4 Å². The number of hydrogen-bond donors (Lipinski definition) is 0. The van der Waals surface area contributed by atoms with Crippen LogP contribution in [-0.2, 0) is 0 Å². The Morgan fingerprint density at radius 1 is 1.42 bits per heavy atom. The van der Waals surface area contributed by atoms with Crippen LogP contribution in [0.3, 0.4) is 0 Å². The number of benzene rings is 1. The molecular formula is C10H11ClS. The SMILES string of the molecule is Clc1cccc(SCC2CC2)c1. The summed E-state index contributed by atoms with van der Waals surface area (Å²) in [6.45, 7) is 0. The molecule has 0 unspecified atom stereocenters. The van der Waals surface area contributed by atoms with E-state index in [0.717, 1.165) is 10.9 Å². The fourth-order valence-corrected chi connectivity index (χ4v) is 2.46. The maximum absolute atomic E-state index is 5.86. The van der Waals surface area contributed by atoms with Crippen LogP contribution < -0.4 is 0 Å². The van der Waals surface area contributed by atoms with E-state index in [1.807, 2.05) is 30.0 Å². The van der Waals surface area contributed by atoms with Crippen molar-refractivity contribution in [1.82, 2.24) is 0 Å². The lowest BCUT2D eigenvalue weighted by atomic mass is 10.4. The van der Waals surface area contributed by atoms with Gasteiger partial charge in [-0.2, -0.15) is 0 Å². The second kappa shape index (κ2) is 3.71. The van der Waals surface area contributed by atoms with Gasteiger partial charge in [-0.15, -0.1) is 11.8 Å². The largest absolute Gasteiger partial charge is 0.126 e. The fourth-order valence-electron chi connectivity index (χ4n) is 1.06. The molecule has 1 aromatic rings. The summed E-state index contributed by atoms with van der Waals surface area (Å²) in [5, 5.41) is 0.843. The molecule has 2 heteroatoms. The van der Waals surface area contributed by atoms with Crippen molar-refractivity contribution in [2.75, 3.05) is 5.75 Å². The lowest BCUT2D eigenvalue weighted by Crippen LogP contribution is -1.79. The van der Waals surface area contributed by atoms with E-state index < -0.39 is 0 Å². The summed E-state index contributed by atoms with van der Waals surface area (Å²) in [5.74, 6) is 2.24. The van der Waals surface area contributed by atoms with E-state index in [1.165, 1.54) is 23.5 Å². The van der Waals surface area contributed by atoms with E-state index >= 15 is 0 Å². The molecule has 0 spiro atoms. The molecule has 2 rings (SSSR count). The number of thioether (sulfide) groups is 1. The summed E-state index contributed by atoms with van der Waals surface area (Å²) in [5.41, 5.74) is 0. The summed E-state index contributed by atoms with van der Waals surface area (Å²) >= 11 is 7.78. The van der Waals surface area contributed by atoms with Crippen molar-refractivity contribution in [3.8, 4) is 0 Å². The molecule has 1 aromatic carbocycles. The molecule has 0 atom stereocenters. The monoisotopic (exact) mass is 198 g/mol. The Balaban J connectivity index is 1.92. The second-order valence-electron chi connectivity index (χ2n) is 3.21. The predicted octanol–water partition coefficient (Wildman–Crippen LogP) is 3.84. The van der Waals surface area contributed by atoms with Gasteiger partial charge in [0, 0.05) is 15.7 Å². The molecule has 0 bridgehead atoms. The van der Waals surface area contributed by atoms with Crippen molar-refractivity contribution in [2.45, 2.75) is 17.7 Å². The number of halogens is 1. The van der Waals surface area contributed by atoms with Crippen molar-refractivity contribution >= 4 is 23.4 Å². The standard InChI is InChI=1S/C10H11ClS/c11-9-2-1-3-10(6-9)12-7-8-4-5-8/h1-3,6,8H,4-5,7H2. The van der Waals surface area contributed by atoms with Crippen LogP contribution in [0.4, 0.5) is 0 Å². The van der Waals surface area contributed by atoms with Gasteiger partial charge in [0.1, 0.15) is 0 Å². The molecule has 0 saturated heterocycles. The summed E-state index contributed by atoms with van der Waals surface area (Å²) in [4.78, 5) is 1.30. The van der Waals surface area contributed by atoms with Crippen molar-refractivity contribution in [1.29, 1.82) is 0 Å². The van der Waals surface area contributed by atoms with E-state index in [1.54, 1.807) is 0 Å². The highest BCUT2D eigenvalue weighted by Crippen LogP contribution is 2.35. The molecule has 1 aliphatic rings. The first kappa shape index (κ1) is 8.46. The van der Waals surface area contributed by atoms with Gasteiger partial charge in [-0.1, -0.05) is 17.7 Å². The van der Waals surface area contributed by atoms with Crippen LogP contribution in [0.15, 0.2) is 29.2 Å². The van der Waals surface area contributed by atoms with Gasteiger partial charge < -0.3 is 0 Å². The zero-order chi connectivity index (χ0) is 8.39. The highest BCUT2D eigenvalue weighted by Gasteiger charge is 2.20. The van der Waals surface area contributed by atoms with Gasteiger partial charge >= 0.3 is 0 Å². The first-order valence-electron chi connectivity index (χ1n) is 4.23. The first-order chi connectivity index (χ1) is 5.84. The zero-order valence-corrected chi connectivity index (χ0v) is 8.37. The van der Waals surface area contributed by atoms with Gasteiger partial charge in [-0.3, -0.25) is 0 Å². The molecule has 1 saturated carbocycles. The Hall–Kier alpha value is -0.140. The Morgan fingerprint density at radius 2 is 2.25 bits per heavy atom. The molecule has 1 aliphatic carbocycles. The molecular weight excluding hydrogens is 188 g/mol. The molecule has 0 nitrogen and oxygen atoms in total. The predicted molar refractivity (Wildman–Crippen MR) is 54.9 cm³/mol. The zero-order valence-electron chi connectivity index (χ0n) is 6.79. The van der Waals surface area contributed by atoms with Gasteiger partial charge in [0.05, 0.1) is 0 Å². The minimum atomic E-state index is 0.843. The van der Waals surface area contributed by atoms with Crippen LogP contribution in [0, 0.1) is 5.92 Å². The third-order valence-electron chi connectivity index (χ3n) is 1.98. The molecule has 0 aromatic heterocycles. The summed E-state index contributed by atoms with van der Waals surface area (Å²) in [7, 11) is 0. The summed E-state index contributed by atoms with van der Waals surface area (Å²) < 4.78 is 0. The normalized spacial score (nSPS) is 16.4. The highest BCUT2D eigenvalue weighted by molar-refractivity contribution is 7.99. The smallest absolute Gasteiger partial charge is 0.0417 e. The summed E-state index contributed by atoms with van der Waals surface area (Å²) in [6.07, 6.45) is 2.85. The Kier molecular flexibility index (Phi) is 2.62. The van der Waals surface area contributed by atoms with Crippen LogP contribution in [0.1, 0.15) is 12.8 Å². The lowest BCUT2D eigenvalue weighted by Gasteiger charge is -1.99. The van der Waals surface area contributed by atoms with E-state index in [-0.39, 0.29) is 0 Å². The van der Waals surface area contributed by atoms with Gasteiger partial charge in [0.15, 0.2) is 0 Å². The average molecular weight is 199 g/mol. The van der Waals surface area contributed by atoms with Crippen molar-refractivity contribution in [2.24, 2.45) is 5.92 Å². The minimum absolute atomic E-state index is 0.843. The molecule has 12 heavy (non-hydrogen) atoms. The van der Waals surface area contributed by atoms with Crippen molar-refractivity contribution in [3.05, 3.63) is 29.3 Å². The second-order valence-corrected chi connectivity index (χ2v) is 4.74. The lowest BCUT2D eigenvalue weighted by molar-refractivity contribution is 1.000. The number of hydrogen-bond acceptors (Lipinski definition) is 1. The molecule has 64 valence electrons. The molecule has 0 radical (unpaired) electrons. The van der Waals surface area contributed by atoms with E-state index in [9.17, 15) is 0 Å². The van der Waals surface area contributed by atoms with Crippen molar-refractivity contribution < 1.29 is 0 Å². The first-order valence-corrected chi connectivity index (χ1v) is 5.59. The number of rotatable bonds is 3. The van der Waals surface area contributed by atoms with Gasteiger partial charge in [0.25, 0.3) is 0 Å². The van der Waals surface area contributed by atoms with Crippen molar-refractivity contribution in [3.63, 3.8) is 0 Å². The molecule has 0 amide bonds. The van der Waals surface area contributed by atoms with Gasteiger partial charge in [-0.25, -0.2) is 0 Å².